The number of carbonyl (C=O) groups is 1. The van der Waals surface area contributed by atoms with Crippen molar-refractivity contribution in [3.63, 3.8) is 0 Å². The van der Waals surface area contributed by atoms with Gasteiger partial charge < -0.3 is 5.73 Å². The van der Waals surface area contributed by atoms with E-state index < -0.39 is 11.7 Å². The molecule has 0 aliphatic heterocycles. The van der Waals surface area contributed by atoms with Crippen molar-refractivity contribution in [2.75, 3.05) is 5.32 Å². The van der Waals surface area contributed by atoms with Crippen LogP contribution in [0.3, 0.4) is 0 Å². The van der Waals surface area contributed by atoms with E-state index in [0.717, 1.165) is 17.4 Å². The molecule has 0 bridgehead atoms. The molecule has 2 rings (SSSR count). The van der Waals surface area contributed by atoms with Crippen molar-refractivity contribution in [1.29, 1.82) is 0 Å². The van der Waals surface area contributed by atoms with Crippen molar-refractivity contribution in [2.24, 2.45) is 5.73 Å². The molecule has 0 saturated heterocycles. The Balaban J connectivity index is 2.22. The summed E-state index contributed by atoms with van der Waals surface area (Å²) in [7, 11) is 0. The fourth-order valence-electron chi connectivity index (χ4n) is 1.26. The number of nitrogens with one attached hydrogen (secondary N) is 1. The van der Waals surface area contributed by atoms with E-state index in [2.05, 4.69) is 15.5 Å². The van der Waals surface area contributed by atoms with E-state index in [1.54, 1.807) is 0 Å². The summed E-state index contributed by atoms with van der Waals surface area (Å²) in [5, 5.41) is 10.7. The number of carbonyl (C=O) groups excluding carboxylic acids is 1. The molecule has 0 spiro atoms. The Bertz CT molecular complexity index is 569. The summed E-state index contributed by atoms with van der Waals surface area (Å²) in [6, 6.07) is 4.02. The smallest absolute Gasteiger partial charge is 0.261 e. The first-order valence-electron chi connectivity index (χ1n) is 4.89. The molecule has 3 N–H and O–H groups in total. The molecule has 1 amide bonds. The number of benzene rings is 1. The highest BCUT2D eigenvalue weighted by Crippen LogP contribution is 2.21. The van der Waals surface area contributed by atoms with Gasteiger partial charge in [0.05, 0.1) is 10.6 Å². The summed E-state index contributed by atoms with van der Waals surface area (Å²) < 4.78 is 13.5. The van der Waals surface area contributed by atoms with Gasteiger partial charge in [-0.3, -0.25) is 10.1 Å². The van der Waals surface area contributed by atoms with Gasteiger partial charge in [0.25, 0.3) is 5.91 Å². The number of amides is 1. The second-order valence-electron chi connectivity index (χ2n) is 3.26. The maximum absolute atomic E-state index is 13.5. The molecule has 1 aromatic carbocycles. The zero-order valence-electron chi connectivity index (χ0n) is 8.98. The van der Waals surface area contributed by atoms with E-state index in [1.807, 2.05) is 0 Å². The Kier molecular flexibility index (Phi) is 3.85. The summed E-state index contributed by atoms with van der Waals surface area (Å²) >= 11 is 6.89. The molecule has 1 heterocycles. The zero-order chi connectivity index (χ0) is 13.1. The number of halogens is 2. The van der Waals surface area contributed by atoms with Crippen LogP contribution in [-0.4, -0.2) is 16.1 Å². The molecule has 5 nitrogen and oxygen atoms in total. The Morgan fingerprint density at radius 3 is 2.89 bits per heavy atom. The largest absolute Gasteiger partial charge is 0.324 e. The summed E-state index contributed by atoms with van der Waals surface area (Å²) in [4.78, 5) is 11.8. The topological polar surface area (TPSA) is 80.9 Å². The predicted octanol–water partition coefficient (Wildman–Crippen LogP) is 2.04. The summed E-state index contributed by atoms with van der Waals surface area (Å²) in [6.07, 6.45) is 0. The lowest BCUT2D eigenvalue weighted by Gasteiger charge is -2.04. The third-order valence-corrected chi connectivity index (χ3v) is 3.23. The van der Waals surface area contributed by atoms with Crippen LogP contribution in [0.5, 0.6) is 0 Å². The predicted molar refractivity (Wildman–Crippen MR) is 67.2 cm³/mol. The minimum atomic E-state index is -0.691. The van der Waals surface area contributed by atoms with Gasteiger partial charge in [-0.25, -0.2) is 4.39 Å². The van der Waals surface area contributed by atoms with E-state index in [1.165, 1.54) is 12.1 Å². The average molecular weight is 287 g/mol. The lowest BCUT2D eigenvalue weighted by molar-refractivity contribution is 0.102. The van der Waals surface area contributed by atoms with Gasteiger partial charge in [0.1, 0.15) is 10.8 Å². The molecule has 0 aliphatic rings. The number of anilines is 1. The molecule has 2 aromatic rings. The van der Waals surface area contributed by atoms with Crippen LogP contribution in [0.2, 0.25) is 5.02 Å². The monoisotopic (exact) mass is 286 g/mol. The fourth-order valence-corrected chi connectivity index (χ4v) is 2.12. The van der Waals surface area contributed by atoms with Gasteiger partial charge in [0.2, 0.25) is 5.13 Å². The Morgan fingerprint density at radius 1 is 1.50 bits per heavy atom. The van der Waals surface area contributed by atoms with Gasteiger partial charge in [0.15, 0.2) is 0 Å². The molecule has 0 radical (unpaired) electrons. The third kappa shape index (κ3) is 2.63. The summed E-state index contributed by atoms with van der Waals surface area (Å²) in [6.45, 7) is 0.230. The van der Waals surface area contributed by atoms with Crippen LogP contribution in [0.15, 0.2) is 18.2 Å². The molecule has 94 valence electrons. The highest BCUT2D eigenvalue weighted by Gasteiger charge is 2.17. The summed E-state index contributed by atoms with van der Waals surface area (Å²) in [5.74, 6) is -1.36. The normalized spacial score (nSPS) is 10.4. The highest BCUT2D eigenvalue weighted by atomic mass is 35.5. The lowest BCUT2D eigenvalue weighted by atomic mass is 10.2. The Labute approximate surface area is 111 Å². The molecule has 1 aromatic heterocycles. The minimum Gasteiger partial charge on any atom is -0.324 e. The molecule has 18 heavy (non-hydrogen) atoms. The Hall–Kier alpha value is -1.57. The standard InChI is InChI=1S/C10H8ClFN4OS/c11-5-2-1-3-6(12)8(5)9(17)14-10-16-15-7(4-13)18-10/h1-3H,4,13H2,(H,14,16,17). The SMILES string of the molecule is NCc1nnc(NC(=O)c2c(F)cccc2Cl)s1. The van der Waals surface area contributed by atoms with E-state index in [4.69, 9.17) is 17.3 Å². The van der Waals surface area contributed by atoms with E-state index in [0.29, 0.717) is 5.01 Å². The lowest BCUT2D eigenvalue weighted by Crippen LogP contribution is -2.14. The van der Waals surface area contributed by atoms with E-state index in [-0.39, 0.29) is 22.3 Å². The van der Waals surface area contributed by atoms with Gasteiger partial charge in [-0.1, -0.05) is 29.0 Å². The number of aromatic nitrogens is 2. The molecule has 8 heteroatoms. The first-order chi connectivity index (χ1) is 8.61. The molecular weight excluding hydrogens is 279 g/mol. The fraction of sp³-hybridized carbons (Fsp3) is 0.100. The van der Waals surface area contributed by atoms with Crippen molar-refractivity contribution in [3.05, 3.63) is 39.6 Å². The van der Waals surface area contributed by atoms with Gasteiger partial charge in [-0.05, 0) is 12.1 Å². The maximum atomic E-state index is 13.5. The number of rotatable bonds is 3. The van der Waals surface area contributed by atoms with Crippen LogP contribution in [0.4, 0.5) is 9.52 Å². The van der Waals surface area contributed by atoms with Gasteiger partial charge in [-0.15, -0.1) is 10.2 Å². The van der Waals surface area contributed by atoms with Gasteiger partial charge in [0, 0.05) is 6.54 Å². The number of nitrogens with two attached hydrogens (primary N) is 1. The number of hydrogen-bond donors (Lipinski definition) is 2. The van der Waals surface area contributed by atoms with Crippen molar-refractivity contribution in [1.82, 2.24) is 10.2 Å². The highest BCUT2D eigenvalue weighted by molar-refractivity contribution is 7.15. The first-order valence-corrected chi connectivity index (χ1v) is 6.09. The van der Waals surface area contributed by atoms with Crippen LogP contribution >= 0.6 is 22.9 Å². The summed E-state index contributed by atoms with van der Waals surface area (Å²) in [5.41, 5.74) is 5.15. The second-order valence-corrected chi connectivity index (χ2v) is 4.73. The Morgan fingerprint density at radius 2 is 2.28 bits per heavy atom. The number of nitrogens with zero attached hydrogens (tertiary/aromatic N) is 2. The van der Waals surface area contributed by atoms with Crippen LogP contribution in [0, 0.1) is 5.82 Å². The first kappa shape index (κ1) is 12.9. The van der Waals surface area contributed by atoms with Gasteiger partial charge in [-0.2, -0.15) is 0 Å². The molecule has 0 aliphatic carbocycles. The third-order valence-electron chi connectivity index (χ3n) is 2.05. The van der Waals surface area contributed by atoms with Crippen LogP contribution < -0.4 is 11.1 Å². The van der Waals surface area contributed by atoms with Crippen LogP contribution in [-0.2, 0) is 6.54 Å². The molecule has 0 saturated carbocycles. The van der Waals surface area contributed by atoms with Crippen molar-refractivity contribution >= 4 is 34.0 Å². The van der Waals surface area contributed by atoms with Crippen molar-refractivity contribution in [3.8, 4) is 0 Å². The van der Waals surface area contributed by atoms with Crippen LogP contribution in [0.1, 0.15) is 15.4 Å². The van der Waals surface area contributed by atoms with Gasteiger partial charge >= 0.3 is 0 Å². The second kappa shape index (κ2) is 5.38. The van der Waals surface area contributed by atoms with Crippen molar-refractivity contribution in [2.45, 2.75) is 6.54 Å². The van der Waals surface area contributed by atoms with E-state index >= 15 is 0 Å². The van der Waals surface area contributed by atoms with Crippen molar-refractivity contribution < 1.29 is 9.18 Å². The average Bonchev–Trinajstić information content (AvgIpc) is 2.76. The van der Waals surface area contributed by atoms with E-state index in [9.17, 15) is 9.18 Å². The number of hydrogen-bond acceptors (Lipinski definition) is 5. The quantitative estimate of drug-likeness (QED) is 0.905. The maximum Gasteiger partial charge on any atom is 0.261 e. The van der Waals surface area contributed by atoms with Crippen LogP contribution in [0.25, 0.3) is 0 Å². The molecule has 0 fully saturated rings. The zero-order valence-corrected chi connectivity index (χ0v) is 10.6. The minimum absolute atomic E-state index is 0.0380. The molecule has 0 unspecified atom stereocenters. The molecular formula is C10H8ClFN4OS. The molecule has 0 atom stereocenters.